The molecule has 2 rings (SSSR count). The Kier molecular flexibility index (Phi) is 6.65. The van der Waals surface area contributed by atoms with Gasteiger partial charge in [-0.2, -0.15) is 0 Å². The molecule has 1 aromatic carbocycles. The topological polar surface area (TPSA) is 84.0 Å². The van der Waals surface area contributed by atoms with Crippen LogP contribution >= 0.6 is 11.6 Å². The molecule has 1 unspecified atom stereocenters. The predicted octanol–water partition coefficient (Wildman–Crippen LogP) is 2.01. The summed E-state index contributed by atoms with van der Waals surface area (Å²) in [7, 11) is -0.934. The Morgan fingerprint density at radius 2 is 2.04 bits per heavy atom. The predicted molar refractivity (Wildman–Crippen MR) is 97.6 cm³/mol. The first-order chi connectivity index (χ1) is 12.1. The van der Waals surface area contributed by atoms with Gasteiger partial charge in [-0.05, 0) is 37.0 Å². The minimum atomic E-state index is -3.71. The highest BCUT2D eigenvalue weighted by molar-refractivity contribution is 7.89. The monoisotopic (exact) mass is 402 g/mol. The van der Waals surface area contributed by atoms with E-state index in [4.69, 9.17) is 16.3 Å². The molecule has 7 nitrogen and oxygen atoms in total. The molecule has 1 saturated heterocycles. The van der Waals surface area contributed by atoms with E-state index in [1.165, 1.54) is 26.2 Å². The van der Waals surface area contributed by atoms with Crippen LogP contribution < -0.4 is 0 Å². The number of likely N-dealkylation sites (tertiary alicyclic amines) is 1. The number of rotatable bonds is 5. The molecule has 0 aromatic heterocycles. The Bertz CT molecular complexity index is 794. The molecule has 1 heterocycles. The molecule has 9 heteroatoms. The van der Waals surface area contributed by atoms with Crippen molar-refractivity contribution >= 4 is 33.5 Å². The molecule has 1 atom stereocenters. The van der Waals surface area contributed by atoms with Gasteiger partial charge in [0.25, 0.3) is 5.91 Å². The summed E-state index contributed by atoms with van der Waals surface area (Å²) in [6.07, 6.45) is 2.00. The first-order valence-electron chi connectivity index (χ1n) is 8.30. The first kappa shape index (κ1) is 20.7. The van der Waals surface area contributed by atoms with Crippen LogP contribution in [0.5, 0.6) is 0 Å². The van der Waals surface area contributed by atoms with Gasteiger partial charge in [-0.1, -0.05) is 18.5 Å². The maximum atomic E-state index is 12.3. The normalized spacial score (nSPS) is 18.0. The van der Waals surface area contributed by atoms with Crippen LogP contribution in [0.3, 0.4) is 0 Å². The lowest BCUT2D eigenvalue weighted by Crippen LogP contribution is -2.41. The SMILES string of the molecule is CC1CCCN(C(=O)COC(=O)c2cc(S(=O)(=O)N(C)C)ccc2Cl)C1. The van der Waals surface area contributed by atoms with E-state index in [0.717, 1.165) is 23.2 Å². The van der Waals surface area contributed by atoms with E-state index in [0.29, 0.717) is 19.0 Å². The molecule has 1 aromatic rings. The second kappa shape index (κ2) is 8.37. The summed E-state index contributed by atoms with van der Waals surface area (Å²) < 4.78 is 30.5. The molecule has 1 aliphatic rings. The smallest absolute Gasteiger partial charge is 0.340 e. The van der Waals surface area contributed by atoms with Crippen LogP contribution in [-0.2, 0) is 19.6 Å². The zero-order chi connectivity index (χ0) is 19.5. The molecule has 0 N–H and O–H groups in total. The van der Waals surface area contributed by atoms with Crippen molar-refractivity contribution in [1.82, 2.24) is 9.21 Å². The van der Waals surface area contributed by atoms with Crippen LogP contribution in [0.15, 0.2) is 23.1 Å². The Balaban J connectivity index is 2.08. The number of carbonyl (C=O) groups is 2. The van der Waals surface area contributed by atoms with Crippen LogP contribution in [-0.4, -0.2) is 63.3 Å². The summed E-state index contributed by atoms with van der Waals surface area (Å²) in [6, 6.07) is 3.80. The number of piperidine rings is 1. The van der Waals surface area contributed by atoms with Crippen molar-refractivity contribution in [3.8, 4) is 0 Å². The summed E-state index contributed by atoms with van der Waals surface area (Å²) >= 11 is 6.00. The fraction of sp³-hybridized carbons (Fsp3) is 0.529. The van der Waals surface area contributed by atoms with Crippen molar-refractivity contribution < 1.29 is 22.7 Å². The van der Waals surface area contributed by atoms with E-state index in [-0.39, 0.29) is 21.4 Å². The average molecular weight is 403 g/mol. The Morgan fingerprint density at radius 1 is 1.35 bits per heavy atom. The van der Waals surface area contributed by atoms with Gasteiger partial charge in [0.05, 0.1) is 15.5 Å². The summed E-state index contributed by atoms with van der Waals surface area (Å²) in [4.78, 5) is 26.1. The summed E-state index contributed by atoms with van der Waals surface area (Å²) in [5, 5.41) is 0.0618. The molecule has 0 spiro atoms. The fourth-order valence-corrected chi connectivity index (χ4v) is 3.87. The fourth-order valence-electron chi connectivity index (χ4n) is 2.74. The largest absolute Gasteiger partial charge is 0.452 e. The zero-order valence-electron chi connectivity index (χ0n) is 15.1. The Labute approximate surface area is 158 Å². The number of halogens is 1. The Hall–Kier alpha value is -1.64. The van der Waals surface area contributed by atoms with Crippen molar-refractivity contribution in [2.45, 2.75) is 24.7 Å². The highest BCUT2D eigenvalue weighted by Gasteiger charge is 2.24. The van der Waals surface area contributed by atoms with Crippen molar-refractivity contribution in [2.24, 2.45) is 5.92 Å². The molecule has 26 heavy (non-hydrogen) atoms. The van der Waals surface area contributed by atoms with E-state index < -0.39 is 22.6 Å². The van der Waals surface area contributed by atoms with Gasteiger partial charge >= 0.3 is 5.97 Å². The molecule has 0 bridgehead atoms. The standard InChI is InChI=1S/C17H23ClN2O5S/c1-12-5-4-8-20(10-12)16(21)11-25-17(22)14-9-13(6-7-15(14)18)26(23,24)19(2)3/h6-7,9,12H,4-5,8,10-11H2,1-3H3. The Morgan fingerprint density at radius 3 is 2.65 bits per heavy atom. The summed E-state index contributed by atoms with van der Waals surface area (Å²) in [5.74, 6) is -0.673. The number of ether oxygens (including phenoxy) is 1. The van der Waals surface area contributed by atoms with E-state index in [2.05, 4.69) is 6.92 Å². The van der Waals surface area contributed by atoms with Gasteiger partial charge in [-0.3, -0.25) is 4.79 Å². The highest BCUT2D eigenvalue weighted by Crippen LogP contribution is 2.23. The number of sulfonamides is 1. The molecular formula is C17H23ClN2O5S. The van der Waals surface area contributed by atoms with E-state index in [9.17, 15) is 18.0 Å². The van der Waals surface area contributed by atoms with Crippen LogP contribution in [0.2, 0.25) is 5.02 Å². The lowest BCUT2D eigenvalue weighted by atomic mass is 10.0. The van der Waals surface area contributed by atoms with E-state index in [1.807, 2.05) is 0 Å². The number of hydrogen-bond acceptors (Lipinski definition) is 5. The summed E-state index contributed by atoms with van der Waals surface area (Å²) in [6.45, 7) is 2.97. The molecule has 1 amide bonds. The molecular weight excluding hydrogens is 380 g/mol. The van der Waals surface area contributed by atoms with Crippen LogP contribution in [0.1, 0.15) is 30.1 Å². The third-order valence-corrected chi connectivity index (χ3v) is 6.41. The van der Waals surface area contributed by atoms with Gasteiger partial charge in [0, 0.05) is 27.2 Å². The molecule has 144 valence electrons. The first-order valence-corrected chi connectivity index (χ1v) is 10.1. The molecule has 1 aliphatic heterocycles. The van der Waals surface area contributed by atoms with Gasteiger partial charge in [0.15, 0.2) is 6.61 Å². The van der Waals surface area contributed by atoms with Crippen molar-refractivity contribution in [1.29, 1.82) is 0 Å². The molecule has 0 aliphatic carbocycles. The number of amides is 1. The van der Waals surface area contributed by atoms with Gasteiger partial charge in [-0.15, -0.1) is 0 Å². The lowest BCUT2D eigenvalue weighted by Gasteiger charge is -2.30. The molecule has 0 saturated carbocycles. The number of carbonyl (C=O) groups excluding carboxylic acids is 2. The number of benzene rings is 1. The van der Waals surface area contributed by atoms with Crippen molar-refractivity contribution in [3.63, 3.8) is 0 Å². The minimum Gasteiger partial charge on any atom is -0.452 e. The number of hydrogen-bond donors (Lipinski definition) is 0. The van der Waals surface area contributed by atoms with E-state index >= 15 is 0 Å². The van der Waals surface area contributed by atoms with Gasteiger partial charge < -0.3 is 9.64 Å². The quantitative estimate of drug-likeness (QED) is 0.703. The van der Waals surface area contributed by atoms with Gasteiger partial charge in [0.2, 0.25) is 10.0 Å². The minimum absolute atomic E-state index is 0.0618. The highest BCUT2D eigenvalue weighted by atomic mass is 35.5. The molecule has 1 fully saturated rings. The van der Waals surface area contributed by atoms with Gasteiger partial charge in [-0.25, -0.2) is 17.5 Å². The zero-order valence-corrected chi connectivity index (χ0v) is 16.6. The van der Waals surface area contributed by atoms with Crippen molar-refractivity contribution in [2.75, 3.05) is 33.8 Å². The van der Waals surface area contributed by atoms with Crippen LogP contribution in [0.25, 0.3) is 0 Å². The lowest BCUT2D eigenvalue weighted by molar-refractivity contribution is -0.136. The second-order valence-corrected chi connectivity index (χ2v) is 9.15. The van der Waals surface area contributed by atoms with Gasteiger partial charge in [0.1, 0.15) is 0 Å². The number of nitrogens with zero attached hydrogens (tertiary/aromatic N) is 2. The van der Waals surface area contributed by atoms with Crippen LogP contribution in [0.4, 0.5) is 0 Å². The maximum Gasteiger partial charge on any atom is 0.340 e. The van der Waals surface area contributed by atoms with Crippen molar-refractivity contribution in [3.05, 3.63) is 28.8 Å². The number of esters is 1. The maximum absolute atomic E-state index is 12.3. The van der Waals surface area contributed by atoms with E-state index in [1.54, 1.807) is 4.90 Å². The summed E-state index contributed by atoms with van der Waals surface area (Å²) in [5.41, 5.74) is -0.0885. The third-order valence-electron chi connectivity index (χ3n) is 4.27. The van der Waals surface area contributed by atoms with Crippen LogP contribution in [0, 0.1) is 5.92 Å². The molecule has 0 radical (unpaired) electrons. The second-order valence-electron chi connectivity index (χ2n) is 6.59. The average Bonchev–Trinajstić information content (AvgIpc) is 2.59. The third kappa shape index (κ3) is 4.75.